The van der Waals surface area contributed by atoms with Gasteiger partial charge in [0.15, 0.2) is 0 Å². The summed E-state index contributed by atoms with van der Waals surface area (Å²) in [5, 5.41) is 8.86. The number of hydrazine groups is 1. The Bertz CT molecular complexity index is 228. The number of aliphatic hydroxyl groups is 1. The quantitative estimate of drug-likeness (QED) is 0.347. The van der Waals surface area contributed by atoms with Crippen LogP contribution in [0.25, 0.3) is 0 Å². The van der Waals surface area contributed by atoms with Crippen LogP contribution in [0.4, 0.5) is 0 Å². The highest BCUT2D eigenvalue weighted by atomic mass is 32.2. The highest BCUT2D eigenvalue weighted by Crippen LogP contribution is 2.23. The van der Waals surface area contributed by atoms with E-state index in [0.717, 1.165) is 24.3 Å². The van der Waals surface area contributed by atoms with Gasteiger partial charge in [0.25, 0.3) is 5.91 Å². The maximum absolute atomic E-state index is 11.2. The molecule has 5 nitrogen and oxygen atoms in total. The number of nitrogens with one attached hydrogen (secondary N) is 1. The summed E-state index contributed by atoms with van der Waals surface area (Å²) < 4.78 is 5.55. The number of carbonyl (C=O) groups excluding carboxylic acids is 1. The topological polar surface area (TPSA) is 84.6 Å². The first-order valence-electron chi connectivity index (χ1n) is 5.52. The number of nitrogens with two attached hydrogens (primary N) is 1. The van der Waals surface area contributed by atoms with Gasteiger partial charge in [0.2, 0.25) is 0 Å². The van der Waals surface area contributed by atoms with Crippen LogP contribution in [0, 0.1) is 5.92 Å². The molecule has 1 amide bonds. The van der Waals surface area contributed by atoms with Gasteiger partial charge in [-0.15, -0.1) is 0 Å². The Morgan fingerprint density at radius 1 is 1.69 bits per heavy atom. The molecule has 0 aromatic rings. The van der Waals surface area contributed by atoms with Crippen LogP contribution in [0.2, 0.25) is 0 Å². The van der Waals surface area contributed by atoms with Gasteiger partial charge >= 0.3 is 0 Å². The maximum Gasteiger partial charge on any atom is 0.263 e. The Kier molecular flexibility index (Phi) is 6.12. The first kappa shape index (κ1) is 13.8. The molecule has 16 heavy (non-hydrogen) atoms. The van der Waals surface area contributed by atoms with Crippen molar-refractivity contribution in [2.75, 3.05) is 18.1 Å². The molecule has 0 saturated carbocycles. The van der Waals surface area contributed by atoms with Gasteiger partial charge in [0, 0.05) is 12.4 Å². The average molecular weight is 248 g/mol. The zero-order valence-electron chi connectivity index (χ0n) is 9.52. The summed E-state index contributed by atoms with van der Waals surface area (Å²) in [5.74, 6) is 6.91. The monoisotopic (exact) mass is 248 g/mol. The van der Waals surface area contributed by atoms with E-state index in [9.17, 15) is 4.79 Å². The fraction of sp³-hybridized carbons (Fsp3) is 0.900. The second-order valence-electron chi connectivity index (χ2n) is 4.16. The van der Waals surface area contributed by atoms with E-state index in [2.05, 4.69) is 5.43 Å². The number of thioether (sulfide) groups is 1. The zero-order chi connectivity index (χ0) is 12.0. The van der Waals surface area contributed by atoms with E-state index in [4.69, 9.17) is 15.7 Å². The fourth-order valence-corrected chi connectivity index (χ4v) is 2.72. The number of hydrogen-bond donors (Lipinski definition) is 3. The lowest BCUT2D eigenvalue weighted by Crippen LogP contribution is -2.39. The first-order valence-corrected chi connectivity index (χ1v) is 6.67. The minimum Gasteiger partial charge on any atom is -0.396 e. The van der Waals surface area contributed by atoms with Gasteiger partial charge in [-0.1, -0.05) is 6.92 Å². The molecule has 0 bridgehead atoms. The van der Waals surface area contributed by atoms with Crippen molar-refractivity contribution < 1.29 is 14.6 Å². The van der Waals surface area contributed by atoms with E-state index in [-0.39, 0.29) is 24.7 Å². The number of hydrogen-bond acceptors (Lipinski definition) is 5. The van der Waals surface area contributed by atoms with Crippen LogP contribution in [0.3, 0.4) is 0 Å². The number of amides is 1. The van der Waals surface area contributed by atoms with Crippen molar-refractivity contribution in [3.05, 3.63) is 0 Å². The van der Waals surface area contributed by atoms with Gasteiger partial charge in [0.1, 0.15) is 6.10 Å². The summed E-state index contributed by atoms with van der Waals surface area (Å²) in [4.78, 5) is 11.2. The van der Waals surface area contributed by atoms with Gasteiger partial charge in [-0.2, -0.15) is 11.8 Å². The second kappa shape index (κ2) is 7.11. The molecule has 1 aliphatic heterocycles. The van der Waals surface area contributed by atoms with Crippen LogP contribution < -0.4 is 11.3 Å². The van der Waals surface area contributed by atoms with Crippen molar-refractivity contribution in [3.8, 4) is 0 Å². The Morgan fingerprint density at radius 3 is 3.06 bits per heavy atom. The molecule has 0 radical (unpaired) electrons. The van der Waals surface area contributed by atoms with E-state index in [1.165, 1.54) is 0 Å². The largest absolute Gasteiger partial charge is 0.396 e. The third kappa shape index (κ3) is 4.29. The molecule has 1 saturated heterocycles. The number of carbonyl (C=O) groups is 1. The average Bonchev–Trinajstić information content (AvgIpc) is 2.76. The molecule has 3 atom stereocenters. The molecule has 94 valence electrons. The minimum absolute atomic E-state index is 0.137. The van der Waals surface area contributed by atoms with Crippen molar-refractivity contribution in [2.24, 2.45) is 11.8 Å². The van der Waals surface area contributed by atoms with Crippen LogP contribution in [-0.4, -0.2) is 41.3 Å². The van der Waals surface area contributed by atoms with E-state index in [1.54, 1.807) is 11.8 Å². The Hall–Kier alpha value is -0.300. The summed E-state index contributed by atoms with van der Waals surface area (Å²) in [6.07, 6.45) is 1.40. The first-order chi connectivity index (χ1) is 7.67. The van der Waals surface area contributed by atoms with Crippen LogP contribution in [0.5, 0.6) is 0 Å². The predicted molar refractivity (Wildman–Crippen MR) is 63.8 cm³/mol. The van der Waals surface area contributed by atoms with E-state index in [1.807, 2.05) is 6.92 Å². The number of aliphatic hydroxyl groups excluding tert-OH is 1. The van der Waals surface area contributed by atoms with E-state index in [0.29, 0.717) is 5.92 Å². The zero-order valence-corrected chi connectivity index (χ0v) is 10.3. The molecule has 0 aromatic carbocycles. The Balaban J connectivity index is 2.14. The molecular weight excluding hydrogens is 228 g/mol. The summed E-state index contributed by atoms with van der Waals surface area (Å²) in [7, 11) is 0. The Morgan fingerprint density at radius 2 is 2.44 bits per heavy atom. The molecule has 1 heterocycles. The van der Waals surface area contributed by atoms with Crippen LogP contribution in [0.1, 0.15) is 19.8 Å². The van der Waals surface area contributed by atoms with Crippen molar-refractivity contribution in [3.63, 3.8) is 0 Å². The molecule has 1 rings (SSSR count). The van der Waals surface area contributed by atoms with Crippen molar-refractivity contribution in [1.82, 2.24) is 5.43 Å². The van der Waals surface area contributed by atoms with Crippen molar-refractivity contribution in [1.29, 1.82) is 0 Å². The molecule has 1 fully saturated rings. The van der Waals surface area contributed by atoms with E-state index < -0.39 is 0 Å². The summed E-state index contributed by atoms with van der Waals surface area (Å²) in [6.45, 7) is 2.23. The normalized spacial score (nSPS) is 26.7. The third-order valence-electron chi connectivity index (χ3n) is 2.56. The van der Waals surface area contributed by atoms with Crippen molar-refractivity contribution in [2.45, 2.75) is 32.0 Å². The van der Waals surface area contributed by atoms with Gasteiger partial charge in [-0.3, -0.25) is 10.2 Å². The SMILES string of the molecule is CC(CO)CSCC1CCC(C(=O)NN)O1. The lowest BCUT2D eigenvalue weighted by molar-refractivity contribution is -0.131. The molecule has 4 N–H and O–H groups in total. The lowest BCUT2D eigenvalue weighted by Gasteiger charge is -2.13. The van der Waals surface area contributed by atoms with Gasteiger partial charge in [-0.25, -0.2) is 5.84 Å². The molecule has 3 unspecified atom stereocenters. The van der Waals surface area contributed by atoms with E-state index >= 15 is 0 Å². The van der Waals surface area contributed by atoms with Gasteiger partial charge in [0.05, 0.1) is 6.10 Å². The molecule has 6 heteroatoms. The molecule has 0 aliphatic carbocycles. The van der Waals surface area contributed by atoms with Crippen LogP contribution in [0.15, 0.2) is 0 Å². The third-order valence-corrected chi connectivity index (χ3v) is 3.97. The summed E-state index contributed by atoms with van der Waals surface area (Å²) in [6, 6.07) is 0. The highest BCUT2D eigenvalue weighted by Gasteiger charge is 2.29. The second-order valence-corrected chi connectivity index (χ2v) is 5.23. The van der Waals surface area contributed by atoms with Crippen molar-refractivity contribution >= 4 is 17.7 Å². The maximum atomic E-state index is 11.2. The standard InChI is InChI=1S/C10H20N2O3S/c1-7(4-13)5-16-6-8-2-3-9(15-8)10(14)12-11/h7-9,13H,2-6,11H2,1H3,(H,12,14). The minimum atomic E-state index is -0.383. The number of ether oxygens (including phenoxy) is 1. The Labute approximate surface area is 100 Å². The van der Waals surface area contributed by atoms with Gasteiger partial charge in [-0.05, 0) is 24.5 Å². The molecular formula is C10H20N2O3S. The molecule has 0 spiro atoms. The smallest absolute Gasteiger partial charge is 0.263 e. The summed E-state index contributed by atoms with van der Waals surface area (Å²) >= 11 is 1.76. The summed E-state index contributed by atoms with van der Waals surface area (Å²) in [5.41, 5.74) is 2.11. The van der Waals surface area contributed by atoms with Crippen LogP contribution in [-0.2, 0) is 9.53 Å². The molecule has 1 aliphatic rings. The number of rotatable bonds is 6. The van der Waals surface area contributed by atoms with Crippen LogP contribution >= 0.6 is 11.8 Å². The fourth-order valence-electron chi connectivity index (χ4n) is 1.57. The van der Waals surface area contributed by atoms with Gasteiger partial charge < -0.3 is 9.84 Å². The highest BCUT2D eigenvalue weighted by molar-refractivity contribution is 7.99. The predicted octanol–water partition coefficient (Wildman–Crippen LogP) is -0.115. The molecule has 0 aromatic heterocycles. The lowest BCUT2D eigenvalue weighted by atomic mass is 10.2.